The minimum Gasteiger partial charge on any atom is -0.493 e. The number of nitrogens with two attached hydrogens (primary N) is 1. The Labute approximate surface area is 100 Å². The van der Waals surface area contributed by atoms with Gasteiger partial charge in [0, 0.05) is 12.5 Å². The zero-order chi connectivity index (χ0) is 12.3. The molecule has 0 aromatic heterocycles. The van der Waals surface area contributed by atoms with Gasteiger partial charge in [0.1, 0.15) is 11.6 Å². The van der Waals surface area contributed by atoms with E-state index in [4.69, 9.17) is 10.5 Å². The van der Waals surface area contributed by atoms with Crippen molar-refractivity contribution in [3.63, 3.8) is 0 Å². The predicted molar refractivity (Wildman–Crippen MR) is 64.8 cm³/mol. The van der Waals surface area contributed by atoms with Crippen LogP contribution in [-0.2, 0) is 0 Å². The summed E-state index contributed by atoms with van der Waals surface area (Å²) in [6, 6.07) is 6.07. The molecule has 92 valence electrons. The summed E-state index contributed by atoms with van der Waals surface area (Å²) in [5, 5.41) is 3.09. The molecule has 1 unspecified atom stereocenters. The van der Waals surface area contributed by atoms with E-state index in [0.717, 1.165) is 12.4 Å². The van der Waals surface area contributed by atoms with Gasteiger partial charge in [-0.1, -0.05) is 6.92 Å². The van der Waals surface area contributed by atoms with Crippen molar-refractivity contribution in [2.75, 3.05) is 13.2 Å². The summed E-state index contributed by atoms with van der Waals surface area (Å²) < 4.78 is 18.3. The number of rotatable bonds is 4. The number of halogens is 1. The van der Waals surface area contributed by atoms with Gasteiger partial charge >= 0.3 is 0 Å². The topological polar surface area (TPSA) is 47.3 Å². The summed E-state index contributed by atoms with van der Waals surface area (Å²) in [6.45, 7) is 3.58. The number of nitrogens with one attached hydrogen (secondary N) is 1. The van der Waals surface area contributed by atoms with E-state index in [1.807, 2.05) is 6.08 Å². The van der Waals surface area contributed by atoms with E-state index in [-0.39, 0.29) is 5.82 Å². The van der Waals surface area contributed by atoms with Crippen LogP contribution in [0.25, 0.3) is 0 Å². The lowest BCUT2D eigenvalue weighted by molar-refractivity contribution is 0.230. The molecular weight excluding hydrogens is 219 g/mol. The van der Waals surface area contributed by atoms with Crippen LogP contribution in [0.2, 0.25) is 0 Å². The molecule has 0 aliphatic carbocycles. The van der Waals surface area contributed by atoms with Gasteiger partial charge in [-0.05, 0) is 36.3 Å². The lowest BCUT2D eigenvalue weighted by atomic mass is 9.96. The van der Waals surface area contributed by atoms with E-state index in [9.17, 15) is 4.39 Å². The molecule has 0 amide bonds. The highest BCUT2D eigenvalue weighted by Crippen LogP contribution is 2.19. The molecule has 0 saturated carbocycles. The summed E-state index contributed by atoms with van der Waals surface area (Å²) >= 11 is 0. The SMILES string of the molecule is C[C@H](COc1ccc(F)cc1)C1C=C(N)NC1. The molecule has 1 aromatic carbocycles. The first-order valence-electron chi connectivity index (χ1n) is 5.74. The Bertz CT molecular complexity index is 402. The summed E-state index contributed by atoms with van der Waals surface area (Å²) in [6.07, 6.45) is 2.03. The van der Waals surface area contributed by atoms with E-state index in [2.05, 4.69) is 12.2 Å². The maximum absolute atomic E-state index is 12.7. The fourth-order valence-corrected chi connectivity index (χ4v) is 1.83. The normalized spacial score (nSPS) is 20.6. The first kappa shape index (κ1) is 11.8. The quantitative estimate of drug-likeness (QED) is 0.839. The molecule has 0 spiro atoms. The third kappa shape index (κ3) is 3.12. The highest BCUT2D eigenvalue weighted by Gasteiger charge is 2.20. The van der Waals surface area contributed by atoms with Gasteiger partial charge < -0.3 is 15.8 Å². The van der Waals surface area contributed by atoms with Gasteiger partial charge in [0.2, 0.25) is 0 Å². The average molecular weight is 236 g/mol. The Morgan fingerprint density at radius 2 is 2.18 bits per heavy atom. The Balaban J connectivity index is 1.84. The number of ether oxygens (including phenoxy) is 1. The van der Waals surface area contributed by atoms with Crippen LogP contribution >= 0.6 is 0 Å². The summed E-state index contributed by atoms with van der Waals surface area (Å²) in [4.78, 5) is 0. The van der Waals surface area contributed by atoms with Gasteiger partial charge in [0.15, 0.2) is 0 Å². The van der Waals surface area contributed by atoms with Crippen molar-refractivity contribution in [1.29, 1.82) is 0 Å². The molecule has 1 aliphatic heterocycles. The highest BCUT2D eigenvalue weighted by molar-refractivity contribution is 5.22. The number of hydrogen-bond donors (Lipinski definition) is 2. The lowest BCUT2D eigenvalue weighted by Crippen LogP contribution is -2.23. The second kappa shape index (κ2) is 5.08. The average Bonchev–Trinajstić information content (AvgIpc) is 2.75. The number of hydrogen-bond acceptors (Lipinski definition) is 3. The summed E-state index contributed by atoms with van der Waals surface area (Å²) in [7, 11) is 0. The molecule has 2 rings (SSSR count). The fraction of sp³-hybridized carbons (Fsp3) is 0.385. The van der Waals surface area contributed by atoms with Crippen molar-refractivity contribution in [3.8, 4) is 5.75 Å². The monoisotopic (exact) mass is 236 g/mol. The van der Waals surface area contributed by atoms with Crippen LogP contribution in [0.4, 0.5) is 4.39 Å². The smallest absolute Gasteiger partial charge is 0.123 e. The van der Waals surface area contributed by atoms with Gasteiger partial charge in [0.25, 0.3) is 0 Å². The van der Waals surface area contributed by atoms with E-state index in [1.54, 1.807) is 12.1 Å². The van der Waals surface area contributed by atoms with Crippen molar-refractivity contribution in [3.05, 3.63) is 42.0 Å². The van der Waals surface area contributed by atoms with Crippen molar-refractivity contribution in [2.45, 2.75) is 6.92 Å². The fourth-order valence-electron chi connectivity index (χ4n) is 1.83. The summed E-state index contributed by atoms with van der Waals surface area (Å²) in [5.74, 6) is 1.95. The van der Waals surface area contributed by atoms with Crippen LogP contribution in [0.15, 0.2) is 36.2 Å². The highest BCUT2D eigenvalue weighted by atomic mass is 19.1. The van der Waals surface area contributed by atoms with Gasteiger partial charge in [-0.25, -0.2) is 4.39 Å². The minimum atomic E-state index is -0.249. The Hall–Kier alpha value is -1.71. The molecule has 0 saturated heterocycles. The molecule has 2 atom stereocenters. The molecule has 1 aliphatic rings. The first-order chi connectivity index (χ1) is 8.15. The van der Waals surface area contributed by atoms with Gasteiger partial charge in [-0.15, -0.1) is 0 Å². The van der Waals surface area contributed by atoms with Gasteiger partial charge in [0.05, 0.1) is 12.4 Å². The molecule has 0 radical (unpaired) electrons. The Morgan fingerprint density at radius 1 is 1.47 bits per heavy atom. The van der Waals surface area contributed by atoms with Crippen molar-refractivity contribution in [2.24, 2.45) is 17.6 Å². The van der Waals surface area contributed by atoms with Crippen molar-refractivity contribution in [1.82, 2.24) is 5.32 Å². The van der Waals surface area contributed by atoms with Crippen LogP contribution in [-0.4, -0.2) is 13.2 Å². The van der Waals surface area contributed by atoms with Crippen LogP contribution < -0.4 is 15.8 Å². The Morgan fingerprint density at radius 3 is 2.76 bits per heavy atom. The van der Waals surface area contributed by atoms with Crippen LogP contribution in [0.1, 0.15) is 6.92 Å². The molecule has 0 bridgehead atoms. The van der Waals surface area contributed by atoms with Crippen LogP contribution in [0.3, 0.4) is 0 Å². The number of benzene rings is 1. The first-order valence-corrected chi connectivity index (χ1v) is 5.74. The molecule has 17 heavy (non-hydrogen) atoms. The van der Waals surface area contributed by atoms with E-state index in [1.165, 1.54) is 12.1 Å². The predicted octanol–water partition coefficient (Wildman–Crippen LogP) is 1.86. The van der Waals surface area contributed by atoms with Crippen LogP contribution in [0, 0.1) is 17.7 Å². The van der Waals surface area contributed by atoms with E-state index in [0.29, 0.717) is 24.2 Å². The molecular formula is C13H17FN2O. The van der Waals surface area contributed by atoms with Crippen molar-refractivity contribution >= 4 is 0 Å². The molecule has 3 N–H and O–H groups in total. The van der Waals surface area contributed by atoms with Crippen molar-refractivity contribution < 1.29 is 9.13 Å². The zero-order valence-electron chi connectivity index (χ0n) is 9.82. The maximum atomic E-state index is 12.7. The van der Waals surface area contributed by atoms with Gasteiger partial charge in [-0.3, -0.25) is 0 Å². The molecule has 4 heteroatoms. The van der Waals surface area contributed by atoms with Crippen LogP contribution in [0.5, 0.6) is 5.75 Å². The van der Waals surface area contributed by atoms with E-state index >= 15 is 0 Å². The third-order valence-electron chi connectivity index (χ3n) is 2.99. The van der Waals surface area contributed by atoms with E-state index < -0.39 is 0 Å². The molecule has 0 fully saturated rings. The molecule has 1 aromatic rings. The van der Waals surface area contributed by atoms with Gasteiger partial charge in [-0.2, -0.15) is 0 Å². The lowest BCUT2D eigenvalue weighted by Gasteiger charge is -2.17. The molecule has 3 nitrogen and oxygen atoms in total. The minimum absolute atomic E-state index is 0.249. The second-order valence-electron chi connectivity index (χ2n) is 4.41. The molecule has 1 heterocycles. The standard InChI is InChI=1S/C13H17FN2O/c1-9(10-6-13(15)16-7-10)8-17-12-4-2-11(14)3-5-12/h2-6,9-10,16H,7-8,15H2,1H3/t9-,10?/m1/s1. The summed E-state index contributed by atoms with van der Waals surface area (Å²) in [5.41, 5.74) is 5.65. The maximum Gasteiger partial charge on any atom is 0.123 e. The third-order valence-corrected chi connectivity index (χ3v) is 2.99. The largest absolute Gasteiger partial charge is 0.493 e. The zero-order valence-corrected chi connectivity index (χ0v) is 9.82. The second-order valence-corrected chi connectivity index (χ2v) is 4.41. The Kier molecular flexibility index (Phi) is 3.52.